The van der Waals surface area contributed by atoms with Crippen molar-refractivity contribution in [3.8, 4) is 11.5 Å². The van der Waals surface area contributed by atoms with Crippen molar-refractivity contribution in [1.82, 2.24) is 0 Å². The van der Waals surface area contributed by atoms with Gasteiger partial charge in [0.15, 0.2) is 11.5 Å². The summed E-state index contributed by atoms with van der Waals surface area (Å²) in [5.74, 6) is -2.76. The standard InChI is InChI=1S/C24H20Cl2FNO4/c1-4-12-5-7-15-22(30)28(14-6-8-18(27)16(25)11-14)23(31)24(15,2)20(12)13-9-17(26)21(29)19(10-13)32-3/h4-6,8-11,15,20,29H,1,7H2,2-3H3/t15-,20+,24+/m0/s1. The summed E-state index contributed by atoms with van der Waals surface area (Å²) >= 11 is 12.1. The lowest BCUT2D eigenvalue weighted by Crippen LogP contribution is -2.41. The molecule has 4 rings (SSSR count). The number of hydrogen-bond acceptors (Lipinski definition) is 4. The van der Waals surface area contributed by atoms with Gasteiger partial charge in [-0.25, -0.2) is 9.29 Å². The average Bonchev–Trinajstić information content (AvgIpc) is 2.96. The third-order valence-corrected chi connectivity index (χ3v) is 7.01. The van der Waals surface area contributed by atoms with E-state index < -0.39 is 29.0 Å². The molecular formula is C24H20Cl2FNO4. The molecule has 166 valence electrons. The first kappa shape index (κ1) is 22.4. The Balaban J connectivity index is 1.89. The predicted octanol–water partition coefficient (Wildman–Crippen LogP) is 5.64. The van der Waals surface area contributed by atoms with Gasteiger partial charge in [0.1, 0.15) is 5.82 Å². The molecule has 32 heavy (non-hydrogen) atoms. The van der Waals surface area contributed by atoms with E-state index >= 15 is 0 Å². The van der Waals surface area contributed by atoms with Gasteiger partial charge in [-0.05, 0) is 54.8 Å². The number of halogens is 3. The van der Waals surface area contributed by atoms with Crippen molar-refractivity contribution in [2.75, 3.05) is 12.0 Å². The van der Waals surface area contributed by atoms with E-state index in [0.29, 0.717) is 12.0 Å². The third-order valence-electron chi connectivity index (χ3n) is 6.43. The highest BCUT2D eigenvalue weighted by atomic mass is 35.5. The number of carbonyl (C=O) groups excluding carboxylic acids is 2. The molecule has 0 spiro atoms. The number of anilines is 1. The SMILES string of the molecule is C=CC1=CC[C@H]2C(=O)N(c3ccc(F)c(Cl)c3)C(=O)[C@@]2(C)[C@H]1c1cc(Cl)c(O)c(OC)c1. The summed E-state index contributed by atoms with van der Waals surface area (Å²) < 4.78 is 18.9. The molecule has 5 nitrogen and oxygen atoms in total. The molecule has 0 radical (unpaired) electrons. The number of aromatic hydroxyl groups is 1. The fraction of sp³-hybridized carbons (Fsp3) is 0.250. The Labute approximate surface area is 194 Å². The smallest absolute Gasteiger partial charge is 0.241 e. The van der Waals surface area contributed by atoms with Crippen molar-refractivity contribution < 1.29 is 23.8 Å². The van der Waals surface area contributed by atoms with Crippen molar-refractivity contribution in [3.05, 3.63) is 76.1 Å². The fourth-order valence-corrected chi connectivity index (χ4v) is 5.21. The summed E-state index contributed by atoms with van der Waals surface area (Å²) in [6.07, 6.45) is 3.87. The lowest BCUT2D eigenvalue weighted by Gasteiger charge is -2.40. The molecular weight excluding hydrogens is 456 g/mol. The van der Waals surface area contributed by atoms with Gasteiger partial charge in [0, 0.05) is 5.92 Å². The van der Waals surface area contributed by atoms with Crippen molar-refractivity contribution in [2.24, 2.45) is 11.3 Å². The van der Waals surface area contributed by atoms with Crippen LogP contribution in [0.4, 0.5) is 10.1 Å². The minimum atomic E-state index is -1.18. The summed E-state index contributed by atoms with van der Waals surface area (Å²) in [5, 5.41) is 10.0. The molecule has 0 bridgehead atoms. The van der Waals surface area contributed by atoms with Crippen LogP contribution in [0.5, 0.6) is 11.5 Å². The molecule has 2 amide bonds. The Morgan fingerprint density at radius 2 is 1.97 bits per heavy atom. The van der Waals surface area contributed by atoms with E-state index in [-0.39, 0.29) is 33.1 Å². The molecule has 0 aromatic heterocycles. The van der Waals surface area contributed by atoms with Crippen LogP contribution in [0, 0.1) is 17.2 Å². The van der Waals surface area contributed by atoms with Crippen LogP contribution in [-0.2, 0) is 9.59 Å². The van der Waals surface area contributed by atoms with E-state index in [1.807, 2.05) is 6.08 Å². The number of fused-ring (bicyclic) bond motifs is 1. The molecule has 1 N–H and O–H groups in total. The second-order valence-corrected chi connectivity index (χ2v) is 8.86. The third kappa shape index (κ3) is 3.12. The largest absolute Gasteiger partial charge is 0.503 e. The van der Waals surface area contributed by atoms with Crippen molar-refractivity contribution >= 4 is 40.7 Å². The molecule has 0 saturated carbocycles. The summed E-state index contributed by atoms with van der Waals surface area (Å²) in [7, 11) is 1.40. The van der Waals surface area contributed by atoms with Crippen LogP contribution < -0.4 is 9.64 Å². The Hall–Kier alpha value is -2.83. The molecule has 0 unspecified atom stereocenters. The maximum atomic E-state index is 13.8. The van der Waals surface area contributed by atoms with Gasteiger partial charge in [0.05, 0.1) is 34.2 Å². The highest BCUT2D eigenvalue weighted by molar-refractivity contribution is 6.32. The van der Waals surface area contributed by atoms with E-state index in [1.54, 1.807) is 25.1 Å². The van der Waals surface area contributed by atoms with Crippen molar-refractivity contribution in [2.45, 2.75) is 19.3 Å². The Bertz CT molecular complexity index is 1190. The van der Waals surface area contributed by atoms with E-state index in [9.17, 15) is 19.1 Å². The Morgan fingerprint density at radius 1 is 1.25 bits per heavy atom. The molecule has 3 atom stereocenters. The van der Waals surface area contributed by atoms with Gasteiger partial charge in [-0.1, -0.05) is 41.9 Å². The highest BCUT2D eigenvalue weighted by Gasteiger charge is 2.62. The zero-order valence-corrected chi connectivity index (χ0v) is 18.9. The number of phenols is 1. The van der Waals surface area contributed by atoms with E-state index in [4.69, 9.17) is 27.9 Å². The molecule has 1 saturated heterocycles. The average molecular weight is 476 g/mol. The summed E-state index contributed by atoms with van der Waals surface area (Å²) in [5.41, 5.74) is 0.389. The number of nitrogens with zero attached hydrogens (tertiary/aromatic N) is 1. The summed E-state index contributed by atoms with van der Waals surface area (Å²) in [4.78, 5) is 28.3. The quantitative estimate of drug-likeness (QED) is 0.580. The number of ether oxygens (including phenoxy) is 1. The predicted molar refractivity (Wildman–Crippen MR) is 121 cm³/mol. The first-order chi connectivity index (χ1) is 15.1. The zero-order chi connectivity index (χ0) is 23.4. The number of phenolic OH excluding ortho intramolecular Hbond substituents is 1. The monoisotopic (exact) mass is 475 g/mol. The van der Waals surface area contributed by atoms with Crippen LogP contribution in [0.1, 0.15) is 24.8 Å². The highest BCUT2D eigenvalue weighted by Crippen LogP contribution is 2.57. The van der Waals surface area contributed by atoms with Crippen LogP contribution in [0.15, 0.2) is 54.6 Å². The maximum Gasteiger partial charge on any atom is 0.241 e. The van der Waals surface area contributed by atoms with Crippen molar-refractivity contribution in [3.63, 3.8) is 0 Å². The van der Waals surface area contributed by atoms with Gasteiger partial charge in [-0.3, -0.25) is 9.59 Å². The molecule has 2 aromatic carbocycles. The Morgan fingerprint density at radius 3 is 2.59 bits per heavy atom. The molecule has 1 aliphatic heterocycles. The number of methoxy groups -OCH3 is 1. The second kappa shape index (κ2) is 7.94. The van der Waals surface area contributed by atoms with E-state index in [1.165, 1.54) is 19.2 Å². The lowest BCUT2D eigenvalue weighted by atomic mass is 9.60. The van der Waals surface area contributed by atoms with Gasteiger partial charge in [0.25, 0.3) is 0 Å². The Kier molecular flexibility index (Phi) is 5.55. The van der Waals surface area contributed by atoms with Gasteiger partial charge >= 0.3 is 0 Å². The zero-order valence-electron chi connectivity index (χ0n) is 17.4. The van der Waals surface area contributed by atoms with Crippen LogP contribution in [0.25, 0.3) is 0 Å². The topological polar surface area (TPSA) is 66.8 Å². The van der Waals surface area contributed by atoms with E-state index in [0.717, 1.165) is 16.5 Å². The number of imide groups is 1. The molecule has 1 fully saturated rings. The summed E-state index contributed by atoms with van der Waals surface area (Å²) in [6, 6.07) is 6.91. The number of rotatable bonds is 4. The van der Waals surface area contributed by atoms with Crippen LogP contribution in [0.2, 0.25) is 10.0 Å². The molecule has 2 aromatic rings. The molecule has 2 aliphatic rings. The first-order valence-electron chi connectivity index (χ1n) is 9.87. The number of amides is 2. The number of carbonyl (C=O) groups is 2. The van der Waals surface area contributed by atoms with E-state index in [2.05, 4.69) is 6.58 Å². The molecule has 1 heterocycles. The number of hydrogen-bond donors (Lipinski definition) is 1. The van der Waals surface area contributed by atoms with Crippen LogP contribution >= 0.6 is 23.2 Å². The number of benzene rings is 2. The maximum absolute atomic E-state index is 13.8. The van der Waals surface area contributed by atoms with Gasteiger partial charge < -0.3 is 9.84 Å². The molecule has 8 heteroatoms. The minimum Gasteiger partial charge on any atom is -0.503 e. The van der Waals surface area contributed by atoms with Gasteiger partial charge in [-0.2, -0.15) is 0 Å². The lowest BCUT2D eigenvalue weighted by molar-refractivity contribution is -0.127. The summed E-state index contributed by atoms with van der Waals surface area (Å²) in [6.45, 7) is 5.61. The minimum absolute atomic E-state index is 0.0624. The first-order valence-corrected chi connectivity index (χ1v) is 10.6. The van der Waals surface area contributed by atoms with Crippen molar-refractivity contribution in [1.29, 1.82) is 0 Å². The van der Waals surface area contributed by atoms with Gasteiger partial charge in [0.2, 0.25) is 11.8 Å². The second-order valence-electron chi connectivity index (χ2n) is 8.04. The normalized spacial score (nSPS) is 24.9. The number of allylic oxidation sites excluding steroid dienone is 3. The van der Waals surface area contributed by atoms with Crippen LogP contribution in [-0.4, -0.2) is 24.0 Å². The van der Waals surface area contributed by atoms with Crippen LogP contribution in [0.3, 0.4) is 0 Å². The molecule has 1 aliphatic carbocycles. The fourth-order valence-electron chi connectivity index (χ4n) is 4.82. The van der Waals surface area contributed by atoms with Gasteiger partial charge in [-0.15, -0.1) is 0 Å².